The number of rotatable bonds is 6. The molecule has 134 valence electrons. The van der Waals surface area contributed by atoms with E-state index in [-0.39, 0.29) is 12.5 Å². The Hall–Kier alpha value is -2.86. The summed E-state index contributed by atoms with van der Waals surface area (Å²) < 4.78 is 10.8. The zero-order valence-electron chi connectivity index (χ0n) is 14.4. The van der Waals surface area contributed by atoms with Gasteiger partial charge < -0.3 is 14.6 Å². The first kappa shape index (κ1) is 17.9. The van der Waals surface area contributed by atoms with Gasteiger partial charge >= 0.3 is 0 Å². The smallest absolute Gasteiger partial charge is 0.261 e. The molecule has 0 spiro atoms. The minimum Gasteiger partial charge on any atom is -0.481 e. The summed E-state index contributed by atoms with van der Waals surface area (Å²) in [5.41, 5.74) is 1.97. The predicted molar refractivity (Wildman–Crippen MR) is 97.9 cm³/mol. The molecule has 7 heteroatoms. The first-order valence-electron chi connectivity index (χ1n) is 8.11. The Kier molecular flexibility index (Phi) is 5.53. The molecule has 0 aliphatic heterocycles. The van der Waals surface area contributed by atoms with Gasteiger partial charge in [-0.15, -0.1) is 0 Å². The summed E-state index contributed by atoms with van der Waals surface area (Å²) >= 11 is 5.83. The number of carbonyl (C=O) groups is 1. The molecule has 1 N–H and O–H groups in total. The molecule has 0 aliphatic carbocycles. The van der Waals surface area contributed by atoms with Crippen LogP contribution in [0.1, 0.15) is 18.4 Å². The van der Waals surface area contributed by atoms with Gasteiger partial charge in [0.15, 0.2) is 6.10 Å². The van der Waals surface area contributed by atoms with E-state index in [1.807, 2.05) is 31.2 Å². The molecule has 1 heterocycles. The van der Waals surface area contributed by atoms with E-state index >= 15 is 0 Å². The third kappa shape index (κ3) is 4.61. The van der Waals surface area contributed by atoms with Crippen LogP contribution in [-0.2, 0) is 11.3 Å². The van der Waals surface area contributed by atoms with Crippen LogP contribution in [0.5, 0.6) is 5.75 Å². The Labute approximate surface area is 156 Å². The fraction of sp³-hybridized carbons (Fsp3) is 0.211. The highest BCUT2D eigenvalue weighted by atomic mass is 35.5. The van der Waals surface area contributed by atoms with Gasteiger partial charge in [0, 0.05) is 10.6 Å². The molecule has 0 aliphatic rings. The van der Waals surface area contributed by atoms with Crippen molar-refractivity contribution in [1.82, 2.24) is 15.5 Å². The van der Waals surface area contributed by atoms with E-state index in [1.54, 1.807) is 31.2 Å². The van der Waals surface area contributed by atoms with Gasteiger partial charge in [-0.1, -0.05) is 40.5 Å². The second-order valence-electron chi connectivity index (χ2n) is 5.81. The summed E-state index contributed by atoms with van der Waals surface area (Å²) in [4.78, 5) is 16.5. The molecule has 1 atom stereocenters. The SMILES string of the molecule is Cc1cccc(-c2noc(CNC(=O)[C@H](C)Oc3ccc(Cl)cc3)n2)c1. The van der Waals surface area contributed by atoms with Crippen LogP contribution in [0.4, 0.5) is 0 Å². The first-order chi connectivity index (χ1) is 12.5. The van der Waals surface area contributed by atoms with Crippen molar-refractivity contribution in [2.45, 2.75) is 26.5 Å². The largest absolute Gasteiger partial charge is 0.481 e. The summed E-state index contributed by atoms with van der Waals surface area (Å²) in [6.45, 7) is 3.79. The number of halogens is 1. The van der Waals surface area contributed by atoms with Crippen molar-refractivity contribution in [2.75, 3.05) is 0 Å². The number of ether oxygens (including phenoxy) is 1. The predicted octanol–water partition coefficient (Wildman–Crippen LogP) is 3.78. The third-order valence-corrected chi connectivity index (χ3v) is 3.91. The number of carbonyl (C=O) groups excluding carboxylic acids is 1. The highest BCUT2D eigenvalue weighted by molar-refractivity contribution is 6.30. The number of aromatic nitrogens is 2. The number of nitrogens with zero attached hydrogens (tertiary/aromatic N) is 2. The van der Waals surface area contributed by atoms with Crippen molar-refractivity contribution in [3.63, 3.8) is 0 Å². The molecule has 26 heavy (non-hydrogen) atoms. The van der Waals surface area contributed by atoms with E-state index in [0.717, 1.165) is 11.1 Å². The Morgan fingerprint density at radius 1 is 1.27 bits per heavy atom. The van der Waals surface area contributed by atoms with Crippen LogP contribution in [0.15, 0.2) is 53.1 Å². The van der Waals surface area contributed by atoms with Crippen molar-refractivity contribution in [3.8, 4) is 17.1 Å². The minimum atomic E-state index is -0.671. The Morgan fingerprint density at radius 2 is 2.04 bits per heavy atom. The van der Waals surface area contributed by atoms with Gasteiger partial charge in [-0.2, -0.15) is 4.98 Å². The summed E-state index contributed by atoms with van der Waals surface area (Å²) in [5.74, 6) is 1.10. The normalized spacial score (nSPS) is 11.8. The molecule has 0 saturated carbocycles. The Balaban J connectivity index is 1.55. The number of hydrogen-bond donors (Lipinski definition) is 1. The Bertz CT molecular complexity index is 893. The molecule has 0 fully saturated rings. The van der Waals surface area contributed by atoms with Crippen molar-refractivity contribution < 1.29 is 14.1 Å². The molecule has 3 rings (SSSR count). The molecular formula is C19H18ClN3O3. The lowest BCUT2D eigenvalue weighted by molar-refractivity contribution is -0.127. The maximum atomic E-state index is 12.2. The van der Waals surface area contributed by atoms with Gasteiger partial charge in [-0.05, 0) is 44.2 Å². The van der Waals surface area contributed by atoms with Crippen LogP contribution < -0.4 is 10.1 Å². The van der Waals surface area contributed by atoms with Crippen molar-refractivity contribution in [2.24, 2.45) is 0 Å². The zero-order valence-corrected chi connectivity index (χ0v) is 15.2. The summed E-state index contributed by atoms with van der Waals surface area (Å²) in [6, 6.07) is 14.6. The third-order valence-electron chi connectivity index (χ3n) is 3.65. The van der Waals surface area contributed by atoms with Crippen molar-refractivity contribution in [3.05, 3.63) is 65.0 Å². The average Bonchev–Trinajstić information content (AvgIpc) is 3.10. The van der Waals surface area contributed by atoms with E-state index < -0.39 is 6.10 Å². The molecule has 0 radical (unpaired) electrons. The number of aryl methyl sites for hydroxylation is 1. The van der Waals surface area contributed by atoms with Gasteiger partial charge in [0.05, 0.1) is 6.54 Å². The van der Waals surface area contributed by atoms with Crippen molar-refractivity contribution >= 4 is 17.5 Å². The maximum Gasteiger partial charge on any atom is 0.261 e. The lowest BCUT2D eigenvalue weighted by atomic mass is 10.1. The van der Waals surface area contributed by atoms with Crippen LogP contribution in [-0.4, -0.2) is 22.2 Å². The van der Waals surface area contributed by atoms with Gasteiger partial charge in [-0.3, -0.25) is 4.79 Å². The topological polar surface area (TPSA) is 77.2 Å². The number of amides is 1. The zero-order chi connectivity index (χ0) is 18.5. The summed E-state index contributed by atoms with van der Waals surface area (Å²) in [7, 11) is 0. The van der Waals surface area contributed by atoms with E-state index in [2.05, 4.69) is 15.5 Å². The van der Waals surface area contributed by atoms with Gasteiger partial charge in [0.1, 0.15) is 5.75 Å². The lowest BCUT2D eigenvalue weighted by Crippen LogP contribution is -2.35. The van der Waals surface area contributed by atoms with E-state index in [0.29, 0.717) is 22.5 Å². The van der Waals surface area contributed by atoms with E-state index in [1.165, 1.54) is 0 Å². The van der Waals surface area contributed by atoms with Crippen LogP contribution >= 0.6 is 11.6 Å². The molecule has 1 amide bonds. The molecule has 6 nitrogen and oxygen atoms in total. The van der Waals surface area contributed by atoms with Crippen molar-refractivity contribution in [1.29, 1.82) is 0 Å². The molecule has 3 aromatic rings. The fourth-order valence-corrected chi connectivity index (χ4v) is 2.43. The molecule has 0 unspecified atom stereocenters. The molecule has 0 bridgehead atoms. The van der Waals surface area contributed by atoms with Crippen LogP contribution in [0.2, 0.25) is 5.02 Å². The second-order valence-corrected chi connectivity index (χ2v) is 6.25. The summed E-state index contributed by atoms with van der Waals surface area (Å²) in [6.07, 6.45) is -0.671. The first-order valence-corrected chi connectivity index (χ1v) is 8.48. The second kappa shape index (κ2) is 8.01. The monoisotopic (exact) mass is 371 g/mol. The number of benzene rings is 2. The average molecular weight is 372 g/mol. The molecule has 2 aromatic carbocycles. The quantitative estimate of drug-likeness (QED) is 0.713. The fourth-order valence-electron chi connectivity index (χ4n) is 2.31. The van der Waals surface area contributed by atoms with Crippen LogP contribution in [0.25, 0.3) is 11.4 Å². The molecular weight excluding hydrogens is 354 g/mol. The number of hydrogen-bond acceptors (Lipinski definition) is 5. The molecule has 1 aromatic heterocycles. The van der Waals surface area contributed by atoms with Crippen LogP contribution in [0, 0.1) is 6.92 Å². The van der Waals surface area contributed by atoms with E-state index in [9.17, 15) is 4.79 Å². The summed E-state index contributed by atoms with van der Waals surface area (Å²) in [5, 5.41) is 7.27. The number of nitrogens with one attached hydrogen (secondary N) is 1. The minimum absolute atomic E-state index is 0.131. The lowest BCUT2D eigenvalue weighted by Gasteiger charge is -2.13. The van der Waals surface area contributed by atoms with Gasteiger partial charge in [0.25, 0.3) is 5.91 Å². The molecule has 0 saturated heterocycles. The van der Waals surface area contributed by atoms with Gasteiger partial charge in [-0.25, -0.2) is 0 Å². The van der Waals surface area contributed by atoms with E-state index in [4.69, 9.17) is 20.9 Å². The standard InChI is InChI=1S/C19H18ClN3O3/c1-12-4-3-5-14(10-12)18-22-17(26-23-18)11-21-19(24)13(2)25-16-8-6-15(20)7-9-16/h3-10,13H,11H2,1-2H3,(H,21,24)/t13-/m0/s1. The van der Waals surface area contributed by atoms with Gasteiger partial charge in [0.2, 0.25) is 11.7 Å². The van der Waals surface area contributed by atoms with Crippen LogP contribution in [0.3, 0.4) is 0 Å². The highest BCUT2D eigenvalue weighted by Gasteiger charge is 2.16. The maximum absolute atomic E-state index is 12.2. The highest BCUT2D eigenvalue weighted by Crippen LogP contribution is 2.18. The Morgan fingerprint density at radius 3 is 2.77 bits per heavy atom.